The van der Waals surface area contributed by atoms with Gasteiger partial charge < -0.3 is 4.74 Å². The summed E-state index contributed by atoms with van der Waals surface area (Å²) in [7, 11) is 1.63. The molecule has 0 bridgehead atoms. The molecule has 0 aliphatic rings. The molecule has 16 heavy (non-hydrogen) atoms. The Bertz CT molecular complexity index is 412. The van der Waals surface area contributed by atoms with E-state index in [0.29, 0.717) is 6.54 Å². The smallest absolute Gasteiger partial charge is 0.234 e. The number of aliphatic imine (C=N–C) groups is 1. The number of ether oxygens (including phenoxy) is 1. The van der Waals surface area contributed by atoms with E-state index in [0.717, 1.165) is 34.7 Å². The summed E-state index contributed by atoms with van der Waals surface area (Å²) in [6, 6.07) is 3.82. The van der Waals surface area contributed by atoms with Crippen molar-refractivity contribution in [2.24, 2.45) is 4.99 Å². The molecule has 1 aromatic carbocycles. The molecule has 0 aliphatic carbocycles. The van der Waals surface area contributed by atoms with Crippen LogP contribution in [0.3, 0.4) is 0 Å². The Kier molecular flexibility index (Phi) is 5.03. The van der Waals surface area contributed by atoms with Crippen LogP contribution in [0.1, 0.15) is 17.5 Å². The number of hydrogen-bond acceptors (Lipinski definition) is 3. The monoisotopic (exact) mass is 239 g/mol. The number of halogens is 1. The van der Waals surface area contributed by atoms with Crippen molar-refractivity contribution >= 4 is 17.7 Å². The minimum atomic E-state index is 0.484. The Hall–Kier alpha value is -1.31. The van der Waals surface area contributed by atoms with Gasteiger partial charge in [-0.1, -0.05) is 11.6 Å². The second-order valence-corrected chi connectivity index (χ2v) is 3.90. The van der Waals surface area contributed by atoms with Crippen molar-refractivity contribution < 1.29 is 9.53 Å². The van der Waals surface area contributed by atoms with E-state index in [-0.39, 0.29) is 0 Å². The van der Waals surface area contributed by atoms with Crippen molar-refractivity contribution in [1.82, 2.24) is 0 Å². The quantitative estimate of drug-likeness (QED) is 0.450. The number of nitrogens with zero attached hydrogens (tertiary/aromatic N) is 1. The number of carbonyl (C=O) groups excluding carboxylic acids is 1. The third-order valence-electron chi connectivity index (χ3n) is 2.34. The van der Waals surface area contributed by atoms with Gasteiger partial charge in [0.1, 0.15) is 5.75 Å². The third kappa shape index (κ3) is 3.37. The van der Waals surface area contributed by atoms with Crippen molar-refractivity contribution in [3.8, 4) is 5.75 Å². The van der Waals surface area contributed by atoms with Gasteiger partial charge in [-0.25, -0.2) is 9.79 Å². The number of aryl methyl sites for hydroxylation is 2. The number of benzene rings is 1. The van der Waals surface area contributed by atoms with Crippen LogP contribution < -0.4 is 4.74 Å². The third-order valence-corrected chi connectivity index (χ3v) is 2.75. The molecule has 1 rings (SSSR count). The second kappa shape index (κ2) is 6.31. The van der Waals surface area contributed by atoms with E-state index in [9.17, 15) is 4.79 Å². The average molecular weight is 240 g/mol. The predicted octanol–water partition coefficient (Wildman–Crippen LogP) is 2.93. The molecule has 0 aliphatic heterocycles. The van der Waals surface area contributed by atoms with Crippen LogP contribution in [0.2, 0.25) is 5.02 Å². The summed E-state index contributed by atoms with van der Waals surface area (Å²) in [5.41, 5.74) is 2.03. The summed E-state index contributed by atoms with van der Waals surface area (Å²) in [5.74, 6) is 0.831. The number of isocyanates is 1. The molecular formula is C12H14ClNO2. The van der Waals surface area contributed by atoms with E-state index >= 15 is 0 Å². The normalized spacial score (nSPS) is 9.69. The highest BCUT2D eigenvalue weighted by Gasteiger charge is 2.06. The summed E-state index contributed by atoms with van der Waals surface area (Å²) in [5, 5.41) is 0.731. The fourth-order valence-electron chi connectivity index (χ4n) is 1.48. The summed E-state index contributed by atoms with van der Waals surface area (Å²) in [6.45, 7) is 2.42. The molecule has 86 valence electrons. The van der Waals surface area contributed by atoms with Crippen LogP contribution >= 0.6 is 11.6 Å². The zero-order valence-corrected chi connectivity index (χ0v) is 10.2. The minimum absolute atomic E-state index is 0.484. The van der Waals surface area contributed by atoms with E-state index in [1.54, 1.807) is 7.11 Å². The Balaban J connectivity index is 2.77. The van der Waals surface area contributed by atoms with Crippen molar-refractivity contribution in [2.45, 2.75) is 19.8 Å². The molecule has 0 aromatic heterocycles. The zero-order chi connectivity index (χ0) is 12.0. The van der Waals surface area contributed by atoms with Crippen molar-refractivity contribution in [3.63, 3.8) is 0 Å². The van der Waals surface area contributed by atoms with Gasteiger partial charge in [-0.3, -0.25) is 0 Å². The maximum Gasteiger partial charge on any atom is 0.234 e. The molecule has 0 spiro atoms. The van der Waals surface area contributed by atoms with Gasteiger partial charge in [0.15, 0.2) is 0 Å². The number of rotatable bonds is 5. The highest BCUT2D eigenvalue weighted by molar-refractivity contribution is 6.31. The lowest BCUT2D eigenvalue weighted by molar-refractivity contribution is 0.409. The highest BCUT2D eigenvalue weighted by Crippen LogP contribution is 2.27. The first-order valence-electron chi connectivity index (χ1n) is 5.05. The standard InChI is InChI=1S/C12H14ClNO2/c1-9-6-12(16-2)10(7-11(9)13)4-3-5-14-8-15/h6-7H,3-5H2,1-2H3. The lowest BCUT2D eigenvalue weighted by atomic mass is 10.1. The first kappa shape index (κ1) is 12.8. The SMILES string of the molecule is COc1cc(C)c(Cl)cc1CCCN=C=O. The molecule has 0 fully saturated rings. The molecule has 4 heteroatoms. The molecule has 0 unspecified atom stereocenters. The zero-order valence-electron chi connectivity index (χ0n) is 9.42. The van der Waals surface area contributed by atoms with Gasteiger partial charge in [0.2, 0.25) is 6.08 Å². The van der Waals surface area contributed by atoms with Crippen LogP contribution in [-0.4, -0.2) is 19.7 Å². The van der Waals surface area contributed by atoms with Crippen molar-refractivity contribution in [3.05, 3.63) is 28.3 Å². The van der Waals surface area contributed by atoms with Crippen molar-refractivity contribution in [1.29, 1.82) is 0 Å². The molecule has 1 aromatic rings. The van der Waals surface area contributed by atoms with Gasteiger partial charge in [0.25, 0.3) is 0 Å². The van der Waals surface area contributed by atoms with Crippen LogP contribution in [-0.2, 0) is 11.2 Å². The molecule has 0 radical (unpaired) electrons. The number of methoxy groups -OCH3 is 1. The van der Waals surface area contributed by atoms with E-state index in [1.807, 2.05) is 19.1 Å². The second-order valence-electron chi connectivity index (χ2n) is 3.49. The first-order valence-corrected chi connectivity index (χ1v) is 5.43. The van der Waals surface area contributed by atoms with Gasteiger partial charge in [-0.15, -0.1) is 0 Å². The topological polar surface area (TPSA) is 38.7 Å². The summed E-state index contributed by atoms with van der Waals surface area (Å²) >= 11 is 6.04. The van der Waals surface area contributed by atoms with Crippen LogP contribution in [0.25, 0.3) is 0 Å². The molecule has 0 N–H and O–H groups in total. The van der Waals surface area contributed by atoms with Crippen LogP contribution in [0.15, 0.2) is 17.1 Å². The lowest BCUT2D eigenvalue weighted by Gasteiger charge is -2.10. The lowest BCUT2D eigenvalue weighted by Crippen LogP contribution is -1.95. The Morgan fingerprint density at radius 1 is 1.50 bits per heavy atom. The fraction of sp³-hybridized carbons (Fsp3) is 0.417. The molecule has 0 heterocycles. The van der Waals surface area contributed by atoms with Crippen LogP contribution in [0.5, 0.6) is 5.75 Å². The Morgan fingerprint density at radius 3 is 2.88 bits per heavy atom. The maximum absolute atomic E-state index is 9.90. The highest BCUT2D eigenvalue weighted by atomic mass is 35.5. The van der Waals surface area contributed by atoms with Gasteiger partial charge in [0, 0.05) is 5.02 Å². The number of hydrogen-bond donors (Lipinski definition) is 0. The predicted molar refractivity (Wildman–Crippen MR) is 64.1 cm³/mol. The fourth-order valence-corrected chi connectivity index (χ4v) is 1.66. The van der Waals surface area contributed by atoms with Crippen LogP contribution in [0, 0.1) is 6.92 Å². The average Bonchev–Trinajstić information content (AvgIpc) is 2.28. The van der Waals surface area contributed by atoms with E-state index in [4.69, 9.17) is 16.3 Å². The molecule has 0 atom stereocenters. The molecule has 0 saturated carbocycles. The summed E-state index contributed by atoms with van der Waals surface area (Å²) in [4.78, 5) is 13.4. The Labute approximate surface area is 100 Å². The minimum Gasteiger partial charge on any atom is -0.496 e. The van der Waals surface area contributed by atoms with Gasteiger partial charge in [-0.05, 0) is 43.0 Å². The Morgan fingerprint density at radius 2 is 2.25 bits per heavy atom. The largest absolute Gasteiger partial charge is 0.496 e. The molecule has 0 saturated heterocycles. The van der Waals surface area contributed by atoms with E-state index in [1.165, 1.54) is 6.08 Å². The summed E-state index contributed by atoms with van der Waals surface area (Å²) < 4.78 is 5.27. The molecule has 0 amide bonds. The first-order chi connectivity index (χ1) is 7.69. The maximum atomic E-state index is 9.90. The molecular weight excluding hydrogens is 226 g/mol. The van der Waals surface area contributed by atoms with Gasteiger partial charge >= 0.3 is 0 Å². The molecule has 3 nitrogen and oxygen atoms in total. The van der Waals surface area contributed by atoms with Gasteiger partial charge in [-0.2, -0.15) is 0 Å². The summed E-state index contributed by atoms with van der Waals surface area (Å²) in [6.07, 6.45) is 3.09. The van der Waals surface area contributed by atoms with E-state index in [2.05, 4.69) is 4.99 Å². The van der Waals surface area contributed by atoms with Crippen LogP contribution in [0.4, 0.5) is 0 Å². The van der Waals surface area contributed by atoms with Gasteiger partial charge in [0.05, 0.1) is 13.7 Å². The van der Waals surface area contributed by atoms with Crippen molar-refractivity contribution in [2.75, 3.05) is 13.7 Å². The van der Waals surface area contributed by atoms with E-state index < -0.39 is 0 Å².